The average Bonchev–Trinajstić information content (AvgIpc) is 3.25. The van der Waals surface area contributed by atoms with Crippen LogP contribution in [0.4, 0.5) is 30.7 Å². The highest BCUT2D eigenvalue weighted by Gasteiger charge is 2.46. The van der Waals surface area contributed by atoms with Gasteiger partial charge in [0.25, 0.3) is 5.91 Å². The van der Waals surface area contributed by atoms with Crippen molar-refractivity contribution in [1.82, 2.24) is 19.8 Å². The molecule has 0 aromatic carbocycles. The first-order chi connectivity index (χ1) is 20.0. The van der Waals surface area contributed by atoms with E-state index in [4.69, 9.17) is 24.5 Å². The van der Waals surface area contributed by atoms with Crippen LogP contribution < -0.4 is 0 Å². The fourth-order valence-corrected chi connectivity index (χ4v) is 4.79. The summed E-state index contributed by atoms with van der Waals surface area (Å²) in [6.45, 7) is 3.97. The molecule has 0 bridgehead atoms. The third kappa shape index (κ3) is 11.1. The molecule has 2 aliphatic rings. The lowest BCUT2D eigenvalue weighted by molar-refractivity contribution is -0.193. The van der Waals surface area contributed by atoms with E-state index >= 15 is 0 Å². The van der Waals surface area contributed by atoms with Gasteiger partial charge in [-0.15, -0.1) is 0 Å². The first kappa shape index (κ1) is 35.3. The quantitative estimate of drug-likeness (QED) is 0.373. The minimum absolute atomic E-state index is 0.111. The molecule has 1 spiro atoms. The molecular weight excluding hydrogens is 597 g/mol. The van der Waals surface area contributed by atoms with Crippen LogP contribution in [0.5, 0.6) is 0 Å². The van der Waals surface area contributed by atoms with Crippen LogP contribution in [-0.4, -0.2) is 99.6 Å². The second kappa shape index (κ2) is 15.0. The zero-order chi connectivity index (χ0) is 32.4. The number of piperidine rings is 1. The first-order valence-corrected chi connectivity index (χ1v) is 12.6. The van der Waals surface area contributed by atoms with Gasteiger partial charge in [-0.05, 0) is 42.4 Å². The number of carbonyl (C=O) groups excluding carboxylic acids is 1. The molecule has 0 aliphatic carbocycles. The second-order valence-electron chi connectivity index (χ2n) is 9.84. The number of methoxy groups -OCH3 is 1. The maximum Gasteiger partial charge on any atom is 0.490 e. The van der Waals surface area contributed by atoms with Gasteiger partial charge >= 0.3 is 24.3 Å². The summed E-state index contributed by atoms with van der Waals surface area (Å²) in [5.74, 6) is -6.24. The van der Waals surface area contributed by atoms with Gasteiger partial charge in [-0.1, -0.05) is 6.07 Å². The van der Waals surface area contributed by atoms with Gasteiger partial charge in [-0.25, -0.2) is 14.6 Å². The Morgan fingerprint density at radius 3 is 2.07 bits per heavy atom. The number of likely N-dealkylation sites (tertiary alicyclic amines) is 2. The lowest BCUT2D eigenvalue weighted by Gasteiger charge is -2.39. The van der Waals surface area contributed by atoms with Crippen LogP contribution in [0.3, 0.4) is 0 Å². The Morgan fingerprint density at radius 1 is 1.02 bits per heavy atom. The van der Waals surface area contributed by atoms with Crippen molar-refractivity contribution in [3.05, 3.63) is 59.9 Å². The number of nitrogens with zero attached hydrogens (tertiary/aromatic N) is 4. The molecule has 10 nitrogen and oxygen atoms in total. The molecule has 2 aliphatic heterocycles. The summed E-state index contributed by atoms with van der Waals surface area (Å²) in [7, 11) is 1.75. The monoisotopic (exact) mass is 626 g/mol. The average molecular weight is 627 g/mol. The van der Waals surface area contributed by atoms with Gasteiger partial charge < -0.3 is 19.8 Å². The molecule has 1 amide bonds. The standard InChI is InChI=1S/C22H27FN4O2.2C2HF3O2/c1-29-15-19-12-22(16-27(19)14-17-3-2-7-24-13-17)5-9-26(10-6-22)21(28)18-4-8-25-20(23)11-18;2*3-2(4,5)1(6)7/h2-4,7-8,11,13,19H,5-6,9-10,12,14-16H2,1H3;2*(H,6,7). The minimum Gasteiger partial charge on any atom is -0.475 e. The fourth-order valence-electron chi connectivity index (χ4n) is 4.79. The number of carboxylic acids is 2. The maximum atomic E-state index is 13.4. The zero-order valence-electron chi connectivity index (χ0n) is 22.7. The van der Waals surface area contributed by atoms with Crippen LogP contribution in [0.25, 0.3) is 0 Å². The molecule has 238 valence electrons. The van der Waals surface area contributed by atoms with Gasteiger partial charge in [0.05, 0.1) is 6.61 Å². The number of pyridine rings is 2. The summed E-state index contributed by atoms with van der Waals surface area (Å²) in [5, 5.41) is 14.2. The number of alkyl halides is 6. The van der Waals surface area contributed by atoms with E-state index in [2.05, 4.69) is 20.9 Å². The molecule has 2 saturated heterocycles. The SMILES string of the molecule is COCC1CC2(CCN(C(=O)c3ccnc(F)c3)CC2)CN1Cc1cccnc1.O=C(O)C(F)(F)F.O=C(O)C(F)(F)F. The molecule has 2 aromatic rings. The van der Waals surface area contributed by atoms with Crippen molar-refractivity contribution in [2.24, 2.45) is 5.41 Å². The third-order valence-corrected chi connectivity index (χ3v) is 6.76. The summed E-state index contributed by atoms with van der Waals surface area (Å²) in [6, 6.07) is 7.24. The van der Waals surface area contributed by atoms with E-state index in [0.29, 0.717) is 31.3 Å². The van der Waals surface area contributed by atoms with Crippen molar-refractivity contribution in [2.75, 3.05) is 33.4 Å². The number of aromatic nitrogens is 2. The van der Waals surface area contributed by atoms with E-state index < -0.39 is 30.2 Å². The Morgan fingerprint density at radius 2 is 1.60 bits per heavy atom. The summed E-state index contributed by atoms with van der Waals surface area (Å²) in [5.41, 5.74) is 1.78. The van der Waals surface area contributed by atoms with E-state index in [1.165, 1.54) is 17.8 Å². The highest BCUT2D eigenvalue weighted by Crippen LogP contribution is 2.44. The number of hydrogen-bond donors (Lipinski definition) is 2. The van der Waals surface area contributed by atoms with Crippen molar-refractivity contribution in [2.45, 2.75) is 44.2 Å². The lowest BCUT2D eigenvalue weighted by atomic mass is 9.76. The maximum absolute atomic E-state index is 13.4. The molecule has 4 heterocycles. The smallest absolute Gasteiger partial charge is 0.475 e. The van der Waals surface area contributed by atoms with Crippen LogP contribution in [0.15, 0.2) is 42.9 Å². The number of aliphatic carboxylic acids is 2. The van der Waals surface area contributed by atoms with Crippen LogP contribution in [-0.2, 0) is 20.9 Å². The largest absolute Gasteiger partial charge is 0.490 e. The number of carboxylic acid groups (broad SMARTS) is 2. The third-order valence-electron chi connectivity index (χ3n) is 6.76. The van der Waals surface area contributed by atoms with Crippen LogP contribution in [0, 0.1) is 11.4 Å². The number of carbonyl (C=O) groups is 3. The molecule has 2 fully saturated rings. The number of hydrogen-bond acceptors (Lipinski definition) is 7. The molecule has 1 atom stereocenters. The van der Waals surface area contributed by atoms with Crippen LogP contribution in [0.1, 0.15) is 35.2 Å². The normalized spacial score (nSPS) is 18.2. The van der Waals surface area contributed by atoms with Gasteiger partial charge in [-0.3, -0.25) is 14.7 Å². The van der Waals surface area contributed by atoms with Gasteiger partial charge in [0.15, 0.2) is 0 Å². The number of halogens is 7. The molecule has 0 radical (unpaired) electrons. The predicted molar refractivity (Wildman–Crippen MR) is 134 cm³/mol. The lowest BCUT2D eigenvalue weighted by Crippen LogP contribution is -2.44. The number of rotatable bonds is 5. The first-order valence-electron chi connectivity index (χ1n) is 12.6. The van der Waals surface area contributed by atoms with Crippen molar-refractivity contribution in [3.8, 4) is 0 Å². The van der Waals surface area contributed by atoms with E-state index in [1.54, 1.807) is 19.4 Å². The Balaban J connectivity index is 0.000000384. The van der Waals surface area contributed by atoms with Crippen LogP contribution in [0.2, 0.25) is 0 Å². The Hall–Kier alpha value is -3.86. The van der Waals surface area contributed by atoms with Gasteiger partial charge in [0.1, 0.15) is 0 Å². The summed E-state index contributed by atoms with van der Waals surface area (Å²) >= 11 is 0. The molecule has 2 N–H and O–H groups in total. The topological polar surface area (TPSA) is 133 Å². The van der Waals surface area contributed by atoms with Crippen molar-refractivity contribution < 1.29 is 60.1 Å². The van der Waals surface area contributed by atoms with Gasteiger partial charge in [0.2, 0.25) is 5.95 Å². The zero-order valence-corrected chi connectivity index (χ0v) is 22.7. The highest BCUT2D eigenvalue weighted by molar-refractivity contribution is 5.94. The number of amides is 1. The van der Waals surface area contributed by atoms with Gasteiger partial charge in [0, 0.05) is 69.6 Å². The molecule has 2 aromatic heterocycles. The molecule has 17 heteroatoms. The number of ether oxygens (including phenoxy) is 1. The highest BCUT2D eigenvalue weighted by atomic mass is 19.4. The minimum atomic E-state index is -5.08. The molecule has 0 saturated carbocycles. The van der Waals surface area contributed by atoms with Crippen LogP contribution >= 0.6 is 0 Å². The van der Waals surface area contributed by atoms with E-state index in [-0.39, 0.29) is 11.3 Å². The van der Waals surface area contributed by atoms with Crippen molar-refractivity contribution >= 4 is 17.8 Å². The predicted octanol–water partition coefficient (Wildman–Crippen LogP) is 4.03. The molecular formula is C26H29F7N4O6. The fraction of sp³-hybridized carbons (Fsp3) is 0.500. The van der Waals surface area contributed by atoms with Gasteiger partial charge in [-0.2, -0.15) is 30.7 Å². The summed E-state index contributed by atoms with van der Waals surface area (Å²) in [4.78, 5) is 42.6. The van der Waals surface area contributed by atoms with E-state index in [1.807, 2.05) is 17.2 Å². The Kier molecular flexibility index (Phi) is 12.4. The molecule has 1 unspecified atom stereocenters. The second-order valence-corrected chi connectivity index (χ2v) is 9.84. The summed E-state index contributed by atoms with van der Waals surface area (Å²) < 4.78 is 82.3. The Bertz CT molecular complexity index is 1200. The van der Waals surface area contributed by atoms with E-state index in [9.17, 15) is 35.5 Å². The molecule has 4 rings (SSSR count). The van der Waals surface area contributed by atoms with E-state index in [0.717, 1.165) is 32.4 Å². The Labute approximate surface area is 241 Å². The summed E-state index contributed by atoms with van der Waals surface area (Å²) in [6.07, 6.45) is -2.12. The molecule has 43 heavy (non-hydrogen) atoms. The van der Waals surface area contributed by atoms with Crippen molar-refractivity contribution in [1.29, 1.82) is 0 Å². The van der Waals surface area contributed by atoms with Crippen molar-refractivity contribution in [3.63, 3.8) is 0 Å².